The summed E-state index contributed by atoms with van der Waals surface area (Å²) < 4.78 is 27.1. The first kappa shape index (κ1) is 21.5. The fraction of sp³-hybridized carbons (Fsp3) is 0.562. The highest BCUT2D eigenvalue weighted by atomic mass is 35.5. The molecule has 2 unspecified atom stereocenters. The van der Waals surface area contributed by atoms with Gasteiger partial charge in [-0.2, -0.15) is 4.31 Å². The van der Waals surface area contributed by atoms with Crippen LogP contribution in [0, 0.1) is 10.1 Å². The molecule has 1 amide bonds. The number of halogens is 1. The number of non-ortho nitro benzene ring substituents is 1. The lowest BCUT2D eigenvalue weighted by atomic mass is 10.1. The second-order valence-electron chi connectivity index (χ2n) is 6.71. The first-order chi connectivity index (χ1) is 12.3. The van der Waals surface area contributed by atoms with Crippen molar-refractivity contribution in [2.75, 3.05) is 19.6 Å². The number of sulfonamides is 1. The Balaban J connectivity index is 0.00000261. The van der Waals surface area contributed by atoms with E-state index in [2.05, 4.69) is 0 Å². The third-order valence-corrected chi connectivity index (χ3v) is 6.80. The van der Waals surface area contributed by atoms with Crippen molar-refractivity contribution in [3.8, 4) is 0 Å². The number of benzene rings is 1. The molecule has 2 aliphatic rings. The number of carbonyl (C=O) groups excluding carboxylic acids is 1. The number of hydrogen-bond donors (Lipinski definition) is 1. The van der Waals surface area contributed by atoms with Gasteiger partial charge < -0.3 is 10.6 Å². The zero-order valence-corrected chi connectivity index (χ0v) is 16.3. The fourth-order valence-electron chi connectivity index (χ4n) is 3.59. The minimum Gasteiger partial charge on any atom is -0.340 e. The van der Waals surface area contributed by atoms with Crippen LogP contribution in [0.5, 0.6) is 0 Å². The minimum atomic E-state index is -3.99. The Bertz CT molecular complexity index is 819. The van der Waals surface area contributed by atoms with Gasteiger partial charge in [0.1, 0.15) is 6.04 Å². The molecule has 150 valence electrons. The fourth-order valence-corrected chi connectivity index (χ4v) is 5.28. The van der Waals surface area contributed by atoms with Gasteiger partial charge in [-0.25, -0.2) is 8.42 Å². The van der Waals surface area contributed by atoms with Crippen molar-refractivity contribution in [1.29, 1.82) is 0 Å². The molecule has 2 heterocycles. The van der Waals surface area contributed by atoms with E-state index in [4.69, 9.17) is 5.73 Å². The third-order valence-electron chi connectivity index (χ3n) is 4.89. The summed E-state index contributed by atoms with van der Waals surface area (Å²) in [5.41, 5.74) is 5.63. The summed E-state index contributed by atoms with van der Waals surface area (Å²) in [6, 6.07) is 4.06. The van der Waals surface area contributed by atoms with Crippen LogP contribution in [0.4, 0.5) is 5.69 Å². The van der Waals surface area contributed by atoms with Crippen molar-refractivity contribution in [2.24, 2.45) is 5.73 Å². The molecule has 2 fully saturated rings. The van der Waals surface area contributed by atoms with E-state index in [1.807, 2.05) is 0 Å². The number of piperidine rings is 1. The summed E-state index contributed by atoms with van der Waals surface area (Å²) in [7, 11) is -3.99. The van der Waals surface area contributed by atoms with Crippen LogP contribution in [0.1, 0.15) is 25.7 Å². The maximum Gasteiger partial charge on any atom is 0.270 e. The normalized spacial score (nSPS) is 23.7. The van der Waals surface area contributed by atoms with Crippen molar-refractivity contribution in [3.63, 3.8) is 0 Å². The van der Waals surface area contributed by atoms with Gasteiger partial charge in [0.05, 0.1) is 9.82 Å². The molecular weight excluding hydrogens is 396 g/mol. The Morgan fingerprint density at radius 2 is 1.93 bits per heavy atom. The highest BCUT2D eigenvalue weighted by Crippen LogP contribution is 2.29. The van der Waals surface area contributed by atoms with Gasteiger partial charge in [-0.05, 0) is 31.7 Å². The molecule has 11 heteroatoms. The number of nitrogens with two attached hydrogens (primary N) is 1. The lowest BCUT2D eigenvalue weighted by molar-refractivity contribution is -0.385. The SMILES string of the molecule is Cl.NC1CCCN(C(=O)C2CCCN2S(=O)(=O)c2cccc([N+](=O)[O-])c2)C1. The van der Waals surface area contributed by atoms with Crippen molar-refractivity contribution in [1.82, 2.24) is 9.21 Å². The quantitative estimate of drug-likeness (QED) is 0.576. The topological polar surface area (TPSA) is 127 Å². The molecular formula is C16H23ClN4O5S. The van der Waals surface area contributed by atoms with Gasteiger partial charge in [-0.3, -0.25) is 14.9 Å². The summed E-state index contributed by atoms with van der Waals surface area (Å²) in [5.74, 6) is -0.230. The standard InChI is InChI=1S/C16H22N4O5S.ClH/c17-12-4-2-8-18(11-12)16(21)15-7-3-9-19(15)26(24,25)14-6-1-5-13(10-14)20(22)23;/h1,5-6,10,12,15H,2-4,7-9,11,17H2;1H. The summed E-state index contributed by atoms with van der Waals surface area (Å²) in [6.07, 6.45) is 2.67. The highest BCUT2D eigenvalue weighted by molar-refractivity contribution is 7.89. The zero-order valence-electron chi connectivity index (χ0n) is 14.7. The lowest BCUT2D eigenvalue weighted by Crippen LogP contribution is -2.52. The van der Waals surface area contributed by atoms with Gasteiger partial charge in [0.2, 0.25) is 15.9 Å². The molecule has 1 aromatic rings. The molecule has 0 radical (unpaired) electrons. The third kappa shape index (κ3) is 4.40. The molecule has 27 heavy (non-hydrogen) atoms. The van der Waals surface area contributed by atoms with Gasteiger partial charge in [-0.1, -0.05) is 6.07 Å². The molecule has 2 atom stereocenters. The monoisotopic (exact) mass is 418 g/mol. The number of amides is 1. The van der Waals surface area contributed by atoms with Crippen LogP contribution in [-0.4, -0.2) is 60.2 Å². The van der Waals surface area contributed by atoms with Crippen LogP contribution in [0.15, 0.2) is 29.2 Å². The summed E-state index contributed by atoms with van der Waals surface area (Å²) >= 11 is 0. The Morgan fingerprint density at radius 3 is 2.59 bits per heavy atom. The number of nitro groups is 1. The van der Waals surface area contributed by atoms with Crippen LogP contribution < -0.4 is 5.73 Å². The number of likely N-dealkylation sites (tertiary alicyclic amines) is 1. The number of rotatable bonds is 4. The molecule has 0 spiro atoms. The molecule has 1 aromatic carbocycles. The largest absolute Gasteiger partial charge is 0.340 e. The van der Waals surface area contributed by atoms with Gasteiger partial charge in [0, 0.05) is 37.8 Å². The van der Waals surface area contributed by atoms with Crippen LogP contribution in [0.2, 0.25) is 0 Å². The van der Waals surface area contributed by atoms with Gasteiger partial charge >= 0.3 is 0 Å². The highest BCUT2D eigenvalue weighted by Gasteiger charge is 2.42. The number of carbonyl (C=O) groups is 1. The maximum atomic E-state index is 13.0. The van der Waals surface area contributed by atoms with E-state index < -0.39 is 21.0 Å². The number of nitro benzene ring substituents is 1. The Kier molecular flexibility index (Phi) is 6.79. The summed E-state index contributed by atoms with van der Waals surface area (Å²) in [4.78, 5) is 24.6. The average molecular weight is 419 g/mol. The van der Waals surface area contributed by atoms with Crippen LogP contribution in [0.25, 0.3) is 0 Å². The maximum absolute atomic E-state index is 13.0. The van der Waals surface area contributed by atoms with E-state index in [1.54, 1.807) is 4.90 Å². The second kappa shape index (κ2) is 8.51. The van der Waals surface area contributed by atoms with Gasteiger partial charge in [0.25, 0.3) is 5.69 Å². The van der Waals surface area contributed by atoms with Crippen molar-refractivity contribution in [2.45, 2.75) is 42.7 Å². The molecule has 2 N–H and O–H groups in total. The lowest BCUT2D eigenvalue weighted by Gasteiger charge is -2.34. The predicted molar refractivity (Wildman–Crippen MR) is 101 cm³/mol. The van der Waals surface area contributed by atoms with E-state index in [0.717, 1.165) is 18.9 Å². The Hall–Kier alpha value is -1.75. The smallest absolute Gasteiger partial charge is 0.270 e. The molecule has 0 saturated carbocycles. The van der Waals surface area contributed by atoms with Crippen molar-refractivity contribution in [3.05, 3.63) is 34.4 Å². The van der Waals surface area contributed by atoms with Crippen molar-refractivity contribution < 1.29 is 18.1 Å². The molecule has 3 rings (SSSR count). The molecule has 9 nitrogen and oxygen atoms in total. The van der Waals surface area contributed by atoms with E-state index in [-0.39, 0.29) is 41.5 Å². The van der Waals surface area contributed by atoms with Crippen LogP contribution in [-0.2, 0) is 14.8 Å². The van der Waals surface area contributed by atoms with Crippen molar-refractivity contribution >= 4 is 34.0 Å². The Morgan fingerprint density at radius 1 is 1.22 bits per heavy atom. The van der Waals surface area contributed by atoms with E-state index in [1.165, 1.54) is 22.5 Å². The summed E-state index contributed by atoms with van der Waals surface area (Å²) in [5, 5.41) is 10.9. The van der Waals surface area contributed by atoms with E-state index in [0.29, 0.717) is 25.9 Å². The molecule has 0 bridgehead atoms. The first-order valence-corrected chi connectivity index (χ1v) is 10.1. The molecule has 2 aliphatic heterocycles. The zero-order chi connectivity index (χ0) is 18.9. The molecule has 2 saturated heterocycles. The molecule has 0 aliphatic carbocycles. The number of hydrogen-bond acceptors (Lipinski definition) is 6. The van der Waals surface area contributed by atoms with Crippen LogP contribution in [0.3, 0.4) is 0 Å². The van der Waals surface area contributed by atoms with Gasteiger partial charge in [0.15, 0.2) is 0 Å². The van der Waals surface area contributed by atoms with E-state index in [9.17, 15) is 23.3 Å². The minimum absolute atomic E-state index is 0. The van der Waals surface area contributed by atoms with E-state index >= 15 is 0 Å². The van der Waals surface area contributed by atoms with Gasteiger partial charge in [-0.15, -0.1) is 12.4 Å². The predicted octanol–water partition coefficient (Wildman–Crippen LogP) is 1.12. The molecule has 0 aromatic heterocycles. The first-order valence-electron chi connectivity index (χ1n) is 8.61. The Labute approximate surface area is 164 Å². The number of nitrogens with zero attached hydrogens (tertiary/aromatic N) is 3. The van der Waals surface area contributed by atoms with Crippen LogP contribution >= 0.6 is 12.4 Å². The summed E-state index contributed by atoms with van der Waals surface area (Å²) in [6.45, 7) is 1.23. The average Bonchev–Trinajstić information content (AvgIpc) is 3.11. The second-order valence-corrected chi connectivity index (χ2v) is 8.61.